The molecule has 0 bridgehead atoms. The Labute approximate surface area is 153 Å². The van der Waals surface area contributed by atoms with Crippen molar-refractivity contribution >= 4 is 17.2 Å². The number of benzene rings is 1. The van der Waals surface area contributed by atoms with E-state index in [1.807, 2.05) is 71.0 Å². The Morgan fingerprint density at radius 1 is 1.15 bits per heavy atom. The van der Waals surface area contributed by atoms with E-state index in [0.29, 0.717) is 13.1 Å². The van der Waals surface area contributed by atoms with Gasteiger partial charge in [-0.2, -0.15) is 0 Å². The average molecular weight is 349 g/mol. The van der Waals surface area contributed by atoms with Crippen molar-refractivity contribution < 1.29 is 4.79 Å². The topological polar surface area (TPSA) is 53.7 Å². The van der Waals surface area contributed by atoms with Crippen LogP contribution >= 0.6 is 0 Å². The minimum Gasteiger partial charge on any atom is -0.312 e. The molecule has 1 saturated heterocycles. The van der Waals surface area contributed by atoms with Crippen LogP contribution in [-0.2, 0) is 4.79 Å². The maximum Gasteiger partial charge on any atom is 0.241 e. The summed E-state index contributed by atoms with van der Waals surface area (Å²) in [6, 6.07) is 15.9. The van der Waals surface area contributed by atoms with Crippen molar-refractivity contribution in [3.05, 3.63) is 60.6 Å². The van der Waals surface area contributed by atoms with Gasteiger partial charge in [0, 0.05) is 18.4 Å². The number of anilines is 1. The summed E-state index contributed by atoms with van der Waals surface area (Å²) < 4.78 is 2.03. The van der Waals surface area contributed by atoms with E-state index >= 15 is 0 Å². The Hall–Kier alpha value is -2.73. The molecule has 4 rings (SSSR count). The number of hydrogen-bond donors (Lipinski definition) is 0. The van der Waals surface area contributed by atoms with Crippen LogP contribution in [0.2, 0.25) is 0 Å². The van der Waals surface area contributed by atoms with Gasteiger partial charge in [-0.25, -0.2) is 0 Å². The number of fused-ring (bicyclic) bond motifs is 1. The predicted octanol–water partition coefficient (Wildman–Crippen LogP) is 2.92. The molecule has 0 radical (unpaired) electrons. The standard InChI is InChI=1S/C20H23N5O/c1-2-24(16-9-4-3-5-10-16)19(26)15-23-13-8-11-17(23)20-22-21-18-12-6-7-14-25(18)20/h3-7,9-10,12,14,17H,2,8,11,13,15H2,1H3/t17-/m1/s1. The van der Waals surface area contributed by atoms with E-state index in [4.69, 9.17) is 0 Å². The Morgan fingerprint density at radius 3 is 2.77 bits per heavy atom. The molecule has 2 aromatic heterocycles. The number of hydrogen-bond acceptors (Lipinski definition) is 4. The number of rotatable bonds is 5. The van der Waals surface area contributed by atoms with Gasteiger partial charge in [-0.1, -0.05) is 24.3 Å². The van der Waals surface area contributed by atoms with Crippen LogP contribution in [0.3, 0.4) is 0 Å². The second-order valence-corrected chi connectivity index (χ2v) is 6.59. The second-order valence-electron chi connectivity index (χ2n) is 6.59. The van der Waals surface area contributed by atoms with Gasteiger partial charge in [0.1, 0.15) is 0 Å². The lowest BCUT2D eigenvalue weighted by atomic mass is 10.2. The third-order valence-electron chi connectivity index (χ3n) is 5.03. The molecule has 0 N–H and O–H groups in total. The van der Waals surface area contributed by atoms with E-state index in [1.54, 1.807) is 0 Å². The van der Waals surface area contributed by atoms with Crippen LogP contribution in [0.5, 0.6) is 0 Å². The summed E-state index contributed by atoms with van der Waals surface area (Å²) in [7, 11) is 0. The summed E-state index contributed by atoms with van der Waals surface area (Å²) >= 11 is 0. The number of aromatic nitrogens is 3. The lowest BCUT2D eigenvalue weighted by Gasteiger charge is -2.27. The normalized spacial score (nSPS) is 17.7. The van der Waals surface area contributed by atoms with Gasteiger partial charge in [0.05, 0.1) is 12.6 Å². The molecule has 1 aliphatic rings. The smallest absolute Gasteiger partial charge is 0.241 e. The zero-order valence-electron chi connectivity index (χ0n) is 15.0. The minimum absolute atomic E-state index is 0.124. The quantitative estimate of drug-likeness (QED) is 0.711. The summed E-state index contributed by atoms with van der Waals surface area (Å²) in [6.07, 6.45) is 4.06. The summed E-state index contributed by atoms with van der Waals surface area (Å²) in [6.45, 7) is 3.98. The number of amides is 1. The number of para-hydroxylation sites is 1. The summed E-state index contributed by atoms with van der Waals surface area (Å²) in [5.74, 6) is 1.05. The van der Waals surface area contributed by atoms with Crippen LogP contribution in [0, 0.1) is 0 Å². The Kier molecular flexibility index (Phi) is 4.67. The highest BCUT2D eigenvalue weighted by atomic mass is 16.2. The number of likely N-dealkylation sites (tertiary alicyclic amines) is 1. The van der Waals surface area contributed by atoms with E-state index in [-0.39, 0.29) is 11.9 Å². The molecule has 0 unspecified atom stereocenters. The van der Waals surface area contributed by atoms with Crippen LogP contribution in [0.4, 0.5) is 5.69 Å². The molecule has 26 heavy (non-hydrogen) atoms. The summed E-state index contributed by atoms with van der Waals surface area (Å²) in [5, 5.41) is 8.67. The SMILES string of the molecule is CCN(C(=O)CN1CCC[C@@H]1c1nnc2ccccn12)c1ccccc1. The third-order valence-corrected chi connectivity index (χ3v) is 5.03. The van der Waals surface area contributed by atoms with Gasteiger partial charge in [0.15, 0.2) is 11.5 Å². The molecule has 3 heterocycles. The molecule has 0 spiro atoms. The first-order valence-corrected chi connectivity index (χ1v) is 9.17. The highest BCUT2D eigenvalue weighted by molar-refractivity contribution is 5.94. The van der Waals surface area contributed by atoms with Crippen LogP contribution < -0.4 is 4.90 Å². The van der Waals surface area contributed by atoms with Crippen LogP contribution in [0.1, 0.15) is 31.6 Å². The molecule has 6 nitrogen and oxygen atoms in total. The van der Waals surface area contributed by atoms with Crippen molar-refractivity contribution in [3.63, 3.8) is 0 Å². The Morgan fingerprint density at radius 2 is 1.96 bits per heavy atom. The van der Waals surface area contributed by atoms with Crippen LogP contribution in [-0.4, -0.2) is 45.0 Å². The molecule has 0 aliphatic carbocycles. The highest BCUT2D eigenvalue weighted by Crippen LogP contribution is 2.31. The lowest BCUT2D eigenvalue weighted by molar-refractivity contribution is -0.120. The Balaban J connectivity index is 1.54. The number of carbonyl (C=O) groups excluding carboxylic acids is 1. The van der Waals surface area contributed by atoms with Gasteiger partial charge < -0.3 is 4.90 Å². The van der Waals surface area contributed by atoms with Gasteiger partial charge in [-0.05, 0) is 50.6 Å². The molecule has 1 fully saturated rings. The zero-order chi connectivity index (χ0) is 17.9. The molecule has 0 saturated carbocycles. The zero-order valence-corrected chi connectivity index (χ0v) is 15.0. The molecular weight excluding hydrogens is 326 g/mol. The fourth-order valence-electron chi connectivity index (χ4n) is 3.76. The van der Waals surface area contributed by atoms with Crippen LogP contribution in [0.25, 0.3) is 5.65 Å². The molecule has 1 atom stereocenters. The van der Waals surface area contributed by atoms with Gasteiger partial charge >= 0.3 is 0 Å². The molecule has 1 aliphatic heterocycles. The number of carbonyl (C=O) groups is 1. The van der Waals surface area contributed by atoms with Gasteiger partial charge in [0.2, 0.25) is 5.91 Å². The van der Waals surface area contributed by atoms with Crippen LogP contribution in [0.15, 0.2) is 54.7 Å². The predicted molar refractivity (Wildman–Crippen MR) is 101 cm³/mol. The first-order chi connectivity index (χ1) is 12.8. The summed E-state index contributed by atoms with van der Waals surface area (Å²) in [4.78, 5) is 17.0. The molecule has 3 aromatic rings. The van der Waals surface area contributed by atoms with E-state index in [0.717, 1.165) is 36.5 Å². The number of likely N-dealkylation sites (N-methyl/N-ethyl adjacent to an activating group) is 1. The highest BCUT2D eigenvalue weighted by Gasteiger charge is 2.32. The first kappa shape index (κ1) is 16.7. The van der Waals surface area contributed by atoms with Crippen molar-refractivity contribution in [2.45, 2.75) is 25.8 Å². The minimum atomic E-state index is 0.124. The first-order valence-electron chi connectivity index (χ1n) is 9.17. The lowest BCUT2D eigenvalue weighted by Crippen LogP contribution is -2.40. The van der Waals surface area contributed by atoms with E-state index < -0.39 is 0 Å². The fourth-order valence-corrected chi connectivity index (χ4v) is 3.76. The van der Waals surface area contributed by atoms with E-state index in [1.165, 1.54) is 0 Å². The van der Waals surface area contributed by atoms with E-state index in [9.17, 15) is 4.79 Å². The molecule has 6 heteroatoms. The number of pyridine rings is 1. The molecular formula is C20H23N5O. The molecule has 1 amide bonds. The fraction of sp³-hybridized carbons (Fsp3) is 0.350. The average Bonchev–Trinajstić information content (AvgIpc) is 3.29. The molecule has 134 valence electrons. The van der Waals surface area contributed by atoms with Crippen molar-refractivity contribution in [1.29, 1.82) is 0 Å². The van der Waals surface area contributed by atoms with Crippen molar-refractivity contribution in [2.24, 2.45) is 0 Å². The van der Waals surface area contributed by atoms with Crippen molar-refractivity contribution in [3.8, 4) is 0 Å². The Bertz CT molecular complexity index is 891. The monoisotopic (exact) mass is 349 g/mol. The van der Waals surface area contributed by atoms with Crippen molar-refractivity contribution in [1.82, 2.24) is 19.5 Å². The summed E-state index contributed by atoms with van der Waals surface area (Å²) in [5.41, 5.74) is 1.80. The molecule has 1 aromatic carbocycles. The second kappa shape index (κ2) is 7.25. The van der Waals surface area contributed by atoms with Gasteiger partial charge in [0.25, 0.3) is 0 Å². The van der Waals surface area contributed by atoms with Crippen molar-refractivity contribution in [2.75, 3.05) is 24.5 Å². The maximum absolute atomic E-state index is 13.0. The van der Waals surface area contributed by atoms with E-state index in [2.05, 4.69) is 15.1 Å². The third kappa shape index (κ3) is 3.08. The van der Waals surface area contributed by atoms with Gasteiger partial charge in [-0.15, -0.1) is 10.2 Å². The number of nitrogens with zero attached hydrogens (tertiary/aromatic N) is 5. The largest absolute Gasteiger partial charge is 0.312 e. The van der Waals surface area contributed by atoms with Gasteiger partial charge in [-0.3, -0.25) is 14.1 Å². The maximum atomic E-state index is 13.0.